The standard InChI is InChI=1S/C12H15N3O3/c1-4-7-16-10-13-11(17-8-5-2)15-12(14-10)18-9-6-3/h4-9H,1-3H3. The van der Waals surface area contributed by atoms with E-state index >= 15 is 0 Å². The molecule has 0 aliphatic rings. The summed E-state index contributed by atoms with van der Waals surface area (Å²) in [5, 5.41) is 0. The summed E-state index contributed by atoms with van der Waals surface area (Å²) in [5.41, 5.74) is 0. The molecule has 0 atom stereocenters. The van der Waals surface area contributed by atoms with E-state index in [0.29, 0.717) is 0 Å². The molecule has 96 valence electrons. The fourth-order valence-corrected chi connectivity index (χ4v) is 0.865. The number of aromatic nitrogens is 3. The molecule has 1 aromatic rings. The van der Waals surface area contributed by atoms with Crippen LogP contribution in [0.5, 0.6) is 18.0 Å². The van der Waals surface area contributed by atoms with Crippen molar-refractivity contribution in [1.29, 1.82) is 0 Å². The molecule has 6 heteroatoms. The Kier molecular flexibility index (Phi) is 5.96. The molecule has 18 heavy (non-hydrogen) atoms. The highest BCUT2D eigenvalue weighted by atomic mass is 16.5. The third-order valence-corrected chi connectivity index (χ3v) is 1.50. The molecule has 0 radical (unpaired) electrons. The average molecular weight is 249 g/mol. The van der Waals surface area contributed by atoms with Gasteiger partial charge in [-0.3, -0.25) is 0 Å². The first-order chi connectivity index (χ1) is 8.80. The topological polar surface area (TPSA) is 66.4 Å². The van der Waals surface area contributed by atoms with Gasteiger partial charge in [0.05, 0.1) is 18.8 Å². The number of ether oxygens (including phenoxy) is 3. The molecular weight excluding hydrogens is 234 g/mol. The SMILES string of the molecule is CC=COc1nc(OC=CC)nc(OC=CC)n1. The van der Waals surface area contributed by atoms with Gasteiger partial charge < -0.3 is 14.2 Å². The Balaban J connectivity index is 2.94. The average Bonchev–Trinajstić information content (AvgIpc) is 2.40. The van der Waals surface area contributed by atoms with Gasteiger partial charge in [0, 0.05) is 0 Å². The zero-order valence-corrected chi connectivity index (χ0v) is 10.5. The molecule has 0 saturated carbocycles. The first kappa shape index (κ1) is 13.7. The van der Waals surface area contributed by atoms with E-state index in [-0.39, 0.29) is 18.0 Å². The first-order valence-electron chi connectivity index (χ1n) is 5.39. The third kappa shape index (κ3) is 4.65. The zero-order valence-electron chi connectivity index (χ0n) is 10.5. The molecule has 0 unspecified atom stereocenters. The predicted molar refractivity (Wildman–Crippen MR) is 66.2 cm³/mol. The molecule has 0 saturated heterocycles. The molecule has 1 aromatic heterocycles. The maximum Gasteiger partial charge on any atom is 0.330 e. The van der Waals surface area contributed by atoms with Gasteiger partial charge in [0.2, 0.25) is 0 Å². The van der Waals surface area contributed by atoms with Crippen molar-refractivity contribution >= 4 is 0 Å². The molecule has 0 aliphatic heterocycles. The van der Waals surface area contributed by atoms with E-state index in [0.717, 1.165) is 0 Å². The molecule has 0 amide bonds. The maximum absolute atomic E-state index is 5.15. The van der Waals surface area contributed by atoms with Gasteiger partial charge in [-0.2, -0.15) is 0 Å². The summed E-state index contributed by atoms with van der Waals surface area (Å²) < 4.78 is 15.4. The van der Waals surface area contributed by atoms with Crippen LogP contribution in [0.1, 0.15) is 20.8 Å². The number of rotatable bonds is 6. The molecule has 1 heterocycles. The van der Waals surface area contributed by atoms with Crippen LogP contribution in [0.25, 0.3) is 0 Å². The van der Waals surface area contributed by atoms with Gasteiger partial charge >= 0.3 is 18.0 Å². The summed E-state index contributed by atoms with van der Waals surface area (Å²) in [6.07, 6.45) is 9.49. The fraction of sp³-hybridized carbons (Fsp3) is 0.250. The lowest BCUT2D eigenvalue weighted by molar-refractivity contribution is 0.359. The molecule has 0 N–H and O–H groups in total. The van der Waals surface area contributed by atoms with Crippen molar-refractivity contribution in [2.45, 2.75) is 20.8 Å². The quantitative estimate of drug-likeness (QED) is 0.722. The summed E-state index contributed by atoms with van der Waals surface area (Å²) in [7, 11) is 0. The van der Waals surface area contributed by atoms with Crippen LogP contribution in [0.15, 0.2) is 37.0 Å². The van der Waals surface area contributed by atoms with E-state index in [4.69, 9.17) is 14.2 Å². The molecule has 0 bridgehead atoms. The first-order valence-corrected chi connectivity index (χ1v) is 5.39. The van der Waals surface area contributed by atoms with E-state index in [9.17, 15) is 0 Å². The summed E-state index contributed by atoms with van der Waals surface area (Å²) in [6, 6.07) is 0.298. The van der Waals surface area contributed by atoms with Gasteiger partial charge in [-0.15, -0.1) is 15.0 Å². The van der Waals surface area contributed by atoms with Gasteiger partial charge in [0.1, 0.15) is 0 Å². The van der Waals surface area contributed by atoms with Gasteiger partial charge in [0.25, 0.3) is 0 Å². The van der Waals surface area contributed by atoms with E-state index in [1.807, 2.05) is 20.8 Å². The van der Waals surface area contributed by atoms with Gasteiger partial charge in [-0.25, -0.2) is 0 Å². The second-order valence-electron chi connectivity index (χ2n) is 2.94. The lowest BCUT2D eigenvalue weighted by Crippen LogP contribution is -2.00. The highest BCUT2D eigenvalue weighted by Gasteiger charge is 2.07. The highest BCUT2D eigenvalue weighted by molar-refractivity contribution is 5.11. The largest absolute Gasteiger partial charge is 0.432 e. The Bertz CT molecular complexity index is 377. The molecule has 0 spiro atoms. The minimum atomic E-state index is 0.0992. The molecule has 1 rings (SSSR count). The minimum absolute atomic E-state index is 0.0992. The van der Waals surface area contributed by atoms with Crippen LogP contribution in [0.3, 0.4) is 0 Å². The Hall–Kier alpha value is -2.37. The van der Waals surface area contributed by atoms with Crippen LogP contribution in [0.2, 0.25) is 0 Å². The Morgan fingerprint density at radius 3 is 1.11 bits per heavy atom. The molecular formula is C12H15N3O3. The number of nitrogens with zero attached hydrogens (tertiary/aromatic N) is 3. The van der Waals surface area contributed by atoms with Crippen LogP contribution >= 0.6 is 0 Å². The van der Waals surface area contributed by atoms with Crippen LogP contribution < -0.4 is 14.2 Å². The Morgan fingerprint density at radius 2 is 0.889 bits per heavy atom. The maximum atomic E-state index is 5.15. The lowest BCUT2D eigenvalue weighted by Gasteiger charge is -2.03. The van der Waals surface area contributed by atoms with Crippen molar-refractivity contribution in [2.75, 3.05) is 0 Å². The van der Waals surface area contributed by atoms with Crippen molar-refractivity contribution in [3.8, 4) is 18.0 Å². The summed E-state index contributed by atoms with van der Waals surface area (Å²) >= 11 is 0. The lowest BCUT2D eigenvalue weighted by atomic mass is 10.7. The van der Waals surface area contributed by atoms with E-state index in [1.165, 1.54) is 18.8 Å². The normalized spacial score (nSPS) is 11.5. The van der Waals surface area contributed by atoms with Crippen LogP contribution in [-0.2, 0) is 0 Å². The highest BCUT2D eigenvalue weighted by Crippen LogP contribution is 2.15. The predicted octanol–water partition coefficient (Wildman–Crippen LogP) is 2.61. The second kappa shape index (κ2) is 7.83. The van der Waals surface area contributed by atoms with Gasteiger partial charge in [-0.05, 0) is 20.8 Å². The van der Waals surface area contributed by atoms with Crippen molar-refractivity contribution < 1.29 is 14.2 Å². The van der Waals surface area contributed by atoms with Gasteiger partial charge in [0.15, 0.2) is 0 Å². The summed E-state index contributed by atoms with van der Waals surface area (Å²) in [6.45, 7) is 5.45. The smallest absolute Gasteiger partial charge is 0.330 e. The van der Waals surface area contributed by atoms with Crippen molar-refractivity contribution in [3.05, 3.63) is 37.0 Å². The molecule has 0 fully saturated rings. The van der Waals surface area contributed by atoms with E-state index in [1.54, 1.807) is 18.2 Å². The summed E-state index contributed by atoms with van der Waals surface area (Å²) in [5.74, 6) is 0. The van der Waals surface area contributed by atoms with Crippen LogP contribution in [0, 0.1) is 0 Å². The fourth-order valence-electron chi connectivity index (χ4n) is 0.865. The van der Waals surface area contributed by atoms with E-state index < -0.39 is 0 Å². The Labute approximate surface area is 106 Å². The van der Waals surface area contributed by atoms with Crippen molar-refractivity contribution in [1.82, 2.24) is 15.0 Å². The van der Waals surface area contributed by atoms with Crippen molar-refractivity contribution in [3.63, 3.8) is 0 Å². The minimum Gasteiger partial charge on any atom is -0.432 e. The van der Waals surface area contributed by atoms with Crippen LogP contribution in [-0.4, -0.2) is 15.0 Å². The summed E-state index contributed by atoms with van der Waals surface area (Å²) in [4.78, 5) is 11.8. The molecule has 0 aliphatic carbocycles. The number of hydrogen-bond acceptors (Lipinski definition) is 6. The third-order valence-electron chi connectivity index (χ3n) is 1.50. The zero-order chi connectivity index (χ0) is 13.2. The Morgan fingerprint density at radius 1 is 0.611 bits per heavy atom. The van der Waals surface area contributed by atoms with E-state index in [2.05, 4.69) is 15.0 Å². The number of allylic oxidation sites excluding steroid dienone is 3. The molecule has 6 nitrogen and oxygen atoms in total. The number of hydrogen-bond donors (Lipinski definition) is 0. The van der Waals surface area contributed by atoms with Gasteiger partial charge in [-0.1, -0.05) is 18.2 Å². The van der Waals surface area contributed by atoms with Crippen molar-refractivity contribution in [2.24, 2.45) is 0 Å². The monoisotopic (exact) mass is 249 g/mol. The second-order valence-corrected chi connectivity index (χ2v) is 2.94. The molecule has 0 aromatic carbocycles. The van der Waals surface area contributed by atoms with Crippen LogP contribution in [0.4, 0.5) is 0 Å².